The first-order valence-electron chi connectivity index (χ1n) is 10.4. The normalized spacial score (nSPS) is 12.6. The van der Waals surface area contributed by atoms with Crippen LogP contribution in [-0.2, 0) is 0 Å². The lowest BCUT2D eigenvalue weighted by molar-refractivity contribution is 0.799. The first-order chi connectivity index (χ1) is 13.0. The highest BCUT2D eigenvalue weighted by atomic mass is 31.1. The Bertz CT molecular complexity index is 1030. The average Bonchev–Trinajstić information content (AvgIpc) is 2.63. The summed E-state index contributed by atoms with van der Waals surface area (Å²) in [6.45, 7) is 21.0. The lowest BCUT2D eigenvalue weighted by Crippen LogP contribution is -2.19. The van der Waals surface area contributed by atoms with E-state index in [2.05, 4.69) is 98.7 Å². The fraction of sp³-hybridized carbons (Fsp3) is 0.407. The van der Waals surface area contributed by atoms with Crippen LogP contribution in [0.4, 0.5) is 0 Å². The van der Waals surface area contributed by atoms with E-state index in [4.69, 9.17) is 0 Å². The molecule has 0 fully saturated rings. The van der Waals surface area contributed by atoms with E-state index in [0.29, 0.717) is 5.92 Å². The molecule has 0 aliphatic carbocycles. The largest absolute Gasteiger partial charge is 0.0839 e. The predicted octanol–water partition coefficient (Wildman–Crippen LogP) is 7.97. The molecule has 0 heterocycles. The van der Waals surface area contributed by atoms with Crippen molar-refractivity contribution in [3.05, 3.63) is 64.2 Å². The van der Waals surface area contributed by atoms with Gasteiger partial charge in [0.1, 0.15) is 0 Å². The zero-order valence-corrected chi connectivity index (χ0v) is 20.0. The monoisotopic (exact) mass is 390 g/mol. The Kier molecular flexibility index (Phi) is 5.75. The Hall–Kier alpha value is -1.65. The van der Waals surface area contributed by atoms with Crippen molar-refractivity contribution in [3.8, 4) is 11.1 Å². The van der Waals surface area contributed by atoms with Crippen molar-refractivity contribution in [2.75, 3.05) is 0 Å². The third-order valence-electron chi connectivity index (χ3n) is 6.02. The third-order valence-corrected chi connectivity index (χ3v) is 7.65. The molecule has 3 aromatic carbocycles. The van der Waals surface area contributed by atoms with Crippen LogP contribution in [0.1, 0.15) is 68.4 Å². The molecule has 0 aliphatic rings. The Morgan fingerprint density at radius 3 is 1.93 bits per heavy atom. The second-order valence-corrected chi connectivity index (χ2v) is 11.8. The fourth-order valence-electron chi connectivity index (χ4n) is 4.20. The van der Waals surface area contributed by atoms with Crippen molar-refractivity contribution in [1.29, 1.82) is 0 Å². The molecule has 28 heavy (non-hydrogen) atoms. The van der Waals surface area contributed by atoms with E-state index < -0.39 is 0 Å². The molecule has 0 radical (unpaired) electrons. The highest BCUT2D eigenvalue weighted by Crippen LogP contribution is 2.43. The zero-order valence-electron chi connectivity index (χ0n) is 19.0. The van der Waals surface area contributed by atoms with Crippen LogP contribution in [0.25, 0.3) is 21.9 Å². The van der Waals surface area contributed by atoms with Gasteiger partial charge in [0.05, 0.1) is 0 Å². The average molecular weight is 391 g/mol. The van der Waals surface area contributed by atoms with Crippen LogP contribution < -0.4 is 5.30 Å². The fourth-order valence-corrected chi connectivity index (χ4v) is 5.77. The number of rotatable bonds is 3. The van der Waals surface area contributed by atoms with Crippen LogP contribution in [-0.4, -0.2) is 5.16 Å². The van der Waals surface area contributed by atoms with Crippen LogP contribution in [0.3, 0.4) is 0 Å². The Morgan fingerprint density at radius 1 is 0.714 bits per heavy atom. The minimum Gasteiger partial charge on any atom is -0.0839 e. The Morgan fingerprint density at radius 2 is 1.32 bits per heavy atom. The van der Waals surface area contributed by atoms with Gasteiger partial charge in [-0.3, -0.25) is 0 Å². The highest BCUT2D eigenvalue weighted by molar-refractivity contribution is 7.49. The zero-order chi connectivity index (χ0) is 20.8. The number of hydrogen-bond acceptors (Lipinski definition) is 0. The van der Waals surface area contributed by atoms with Gasteiger partial charge in [0, 0.05) is 0 Å². The van der Waals surface area contributed by atoms with Crippen LogP contribution in [0.15, 0.2) is 36.4 Å². The molecule has 0 nitrogen and oxygen atoms in total. The molecule has 0 N–H and O–H groups in total. The minimum absolute atomic E-state index is 0.274. The molecule has 1 unspecified atom stereocenters. The SMILES string of the molecule is Cc1c(C)c(C)c(-c2c(C(C)C)ccc3ccccc23)c(PC(C)(C)C)c1C. The lowest BCUT2D eigenvalue weighted by atomic mass is 9.83. The Balaban J connectivity index is 2.53. The van der Waals surface area contributed by atoms with E-state index in [9.17, 15) is 0 Å². The molecule has 1 atom stereocenters. The number of hydrogen-bond donors (Lipinski definition) is 0. The molecule has 148 valence electrons. The number of fused-ring (bicyclic) bond motifs is 1. The maximum Gasteiger partial charge on any atom is -0.00615 e. The van der Waals surface area contributed by atoms with E-state index in [0.717, 1.165) is 8.58 Å². The molecule has 0 aromatic heterocycles. The molecule has 3 aromatic rings. The summed E-state index contributed by atoms with van der Waals surface area (Å²) in [5, 5.41) is 4.56. The van der Waals surface area contributed by atoms with Crippen molar-refractivity contribution in [2.24, 2.45) is 0 Å². The van der Waals surface area contributed by atoms with E-state index in [-0.39, 0.29) is 5.16 Å². The standard InChI is InChI=1S/C27H35P/c1-16(2)22-15-14-21-12-10-11-13-23(21)25(22)24-19(5)17(3)18(4)20(6)26(24)28-27(7,8)9/h10-16,28H,1-9H3. The molecule has 0 amide bonds. The van der Waals surface area contributed by atoms with Crippen molar-refractivity contribution in [1.82, 2.24) is 0 Å². The quantitative estimate of drug-likeness (QED) is 0.398. The van der Waals surface area contributed by atoms with Crippen molar-refractivity contribution in [3.63, 3.8) is 0 Å². The molecule has 0 saturated carbocycles. The van der Waals surface area contributed by atoms with Crippen LogP contribution in [0, 0.1) is 27.7 Å². The molecule has 0 aliphatic heterocycles. The van der Waals surface area contributed by atoms with Crippen molar-refractivity contribution < 1.29 is 0 Å². The molecule has 0 spiro atoms. The van der Waals surface area contributed by atoms with Gasteiger partial charge in [-0.2, -0.15) is 0 Å². The van der Waals surface area contributed by atoms with Gasteiger partial charge in [-0.1, -0.05) is 79.6 Å². The van der Waals surface area contributed by atoms with Crippen molar-refractivity contribution >= 4 is 24.7 Å². The summed E-state index contributed by atoms with van der Waals surface area (Å²) in [5.41, 5.74) is 10.3. The van der Waals surface area contributed by atoms with Gasteiger partial charge in [-0.25, -0.2) is 0 Å². The Labute approximate surface area is 173 Å². The van der Waals surface area contributed by atoms with Crippen LogP contribution in [0.5, 0.6) is 0 Å². The van der Waals surface area contributed by atoms with E-state index in [1.165, 1.54) is 49.7 Å². The summed E-state index contributed by atoms with van der Waals surface area (Å²) in [7, 11) is 0.787. The first kappa shape index (κ1) is 21.1. The molecule has 0 saturated heterocycles. The number of benzene rings is 3. The second kappa shape index (κ2) is 7.64. The first-order valence-corrected chi connectivity index (χ1v) is 11.4. The third kappa shape index (κ3) is 3.77. The summed E-state index contributed by atoms with van der Waals surface area (Å²) >= 11 is 0. The molecular weight excluding hydrogens is 355 g/mol. The summed E-state index contributed by atoms with van der Waals surface area (Å²) in [4.78, 5) is 0. The molecule has 3 rings (SSSR count). The van der Waals surface area contributed by atoms with Gasteiger partial charge in [0.2, 0.25) is 0 Å². The van der Waals surface area contributed by atoms with Gasteiger partial charge < -0.3 is 0 Å². The highest BCUT2D eigenvalue weighted by Gasteiger charge is 2.24. The van der Waals surface area contributed by atoms with E-state index in [1.54, 1.807) is 5.30 Å². The van der Waals surface area contributed by atoms with Gasteiger partial charge in [-0.15, -0.1) is 0 Å². The van der Waals surface area contributed by atoms with Gasteiger partial charge in [-0.05, 0) is 93.8 Å². The summed E-state index contributed by atoms with van der Waals surface area (Å²) in [6, 6.07) is 13.5. The summed E-state index contributed by atoms with van der Waals surface area (Å²) in [6.07, 6.45) is 0. The molecular formula is C27H35P. The summed E-state index contributed by atoms with van der Waals surface area (Å²) in [5.74, 6) is 0.492. The molecule has 0 bridgehead atoms. The van der Waals surface area contributed by atoms with Gasteiger partial charge in [0.25, 0.3) is 0 Å². The predicted molar refractivity (Wildman–Crippen MR) is 130 cm³/mol. The van der Waals surface area contributed by atoms with Crippen LogP contribution in [0.2, 0.25) is 0 Å². The second-order valence-electron chi connectivity index (χ2n) is 9.53. The topological polar surface area (TPSA) is 0 Å². The van der Waals surface area contributed by atoms with Crippen LogP contribution >= 0.6 is 8.58 Å². The van der Waals surface area contributed by atoms with E-state index in [1.807, 2.05) is 0 Å². The molecule has 1 heteroatoms. The smallest absolute Gasteiger partial charge is 0.00615 e. The van der Waals surface area contributed by atoms with Crippen molar-refractivity contribution in [2.45, 2.75) is 73.4 Å². The minimum atomic E-state index is 0.274. The van der Waals surface area contributed by atoms with Gasteiger partial charge in [0.15, 0.2) is 0 Å². The van der Waals surface area contributed by atoms with E-state index >= 15 is 0 Å². The summed E-state index contributed by atoms with van der Waals surface area (Å²) < 4.78 is 0. The maximum atomic E-state index is 2.37. The maximum absolute atomic E-state index is 2.37. The lowest BCUT2D eigenvalue weighted by Gasteiger charge is -2.28. The van der Waals surface area contributed by atoms with Gasteiger partial charge >= 0.3 is 0 Å².